The maximum absolute atomic E-state index is 13.8. The molecule has 4 rings (SSSR count). The highest BCUT2D eigenvalue weighted by Gasteiger charge is 2.58. The average Bonchev–Trinajstić information content (AvgIpc) is 2.99. The van der Waals surface area contributed by atoms with E-state index >= 15 is 0 Å². The Labute approximate surface area is 256 Å². The molecule has 0 saturated heterocycles. The van der Waals surface area contributed by atoms with Crippen LogP contribution in [0.3, 0.4) is 0 Å². The van der Waals surface area contributed by atoms with E-state index in [4.69, 9.17) is 7.74 Å². The van der Waals surface area contributed by atoms with Crippen LogP contribution >= 0.6 is 0 Å². The maximum Gasteiger partial charge on any atom is 0.522 e. The minimum atomic E-state index is -6.26. The fraction of sp³-hybridized carbons (Fsp3) is 0.0769. The highest BCUT2D eigenvalue weighted by atomic mass is 32.2. The third kappa shape index (κ3) is 7.01. The average molecular weight is 719 g/mol. The van der Waals surface area contributed by atoms with Gasteiger partial charge in [0, 0.05) is 0 Å². The molecule has 0 saturated carbocycles. The lowest BCUT2D eigenvalue weighted by atomic mass is 10.4. The molecule has 0 amide bonds. The SMILES string of the molecule is O=S(=O)(O[Si]([Si][Si][Si](OS(=O)(=O)C(F)(F)F)(c1ccccc1)c1ccccc1)(c1ccccc1)c1ccccc1)C(F)(F)F. The molecule has 0 spiro atoms. The Morgan fingerprint density at radius 1 is 0.432 bits per heavy atom. The Hall–Kier alpha value is -2.85. The fourth-order valence-corrected chi connectivity index (χ4v) is 41.3. The van der Waals surface area contributed by atoms with Crippen molar-refractivity contribution >= 4 is 73.8 Å². The molecule has 44 heavy (non-hydrogen) atoms. The van der Waals surface area contributed by atoms with Crippen LogP contribution in [-0.2, 0) is 28.0 Å². The van der Waals surface area contributed by atoms with E-state index in [1.807, 2.05) is 0 Å². The standard InChI is InChI=1S/C26H20F6O6S2Si4/c27-25(28,29)39(33,34)37-43(21-13-5-1-6-14-21,22-15-7-2-8-16-22)41-42-44(23-17-9-3-10-18-23,24-19-11-4-12-20-24)38-40(35,36)26(30,31)32/h1-20H. The highest BCUT2D eigenvalue weighted by molar-refractivity contribution is 7.91. The van der Waals surface area contributed by atoms with Gasteiger partial charge >= 0.3 is 31.3 Å². The molecular weight excluding hydrogens is 699 g/mol. The monoisotopic (exact) mass is 718 g/mol. The molecule has 0 aromatic heterocycles. The number of benzene rings is 4. The van der Waals surface area contributed by atoms with Gasteiger partial charge in [0.1, 0.15) is 0 Å². The summed E-state index contributed by atoms with van der Waals surface area (Å²) in [6.07, 6.45) is 0. The van der Waals surface area contributed by atoms with Crippen LogP contribution in [0.5, 0.6) is 0 Å². The van der Waals surface area contributed by atoms with Crippen molar-refractivity contribution in [1.82, 2.24) is 0 Å². The molecule has 4 aromatic carbocycles. The summed E-state index contributed by atoms with van der Waals surface area (Å²) in [5.41, 5.74) is -11.7. The molecule has 230 valence electrons. The van der Waals surface area contributed by atoms with Gasteiger partial charge in [-0.1, -0.05) is 121 Å². The summed E-state index contributed by atoms with van der Waals surface area (Å²) in [5, 5.41) is 0.306. The van der Waals surface area contributed by atoms with Crippen LogP contribution in [0.15, 0.2) is 121 Å². The molecule has 0 heterocycles. The van der Waals surface area contributed by atoms with Crippen molar-refractivity contribution in [3.05, 3.63) is 121 Å². The molecule has 18 heteroatoms. The van der Waals surface area contributed by atoms with Gasteiger partial charge in [-0.2, -0.15) is 43.2 Å². The summed E-state index contributed by atoms with van der Waals surface area (Å²) in [5.74, 6) is 0. The van der Waals surface area contributed by atoms with E-state index in [0.29, 0.717) is 0 Å². The van der Waals surface area contributed by atoms with Crippen LogP contribution in [0.1, 0.15) is 0 Å². The zero-order valence-corrected chi connectivity index (χ0v) is 27.7. The van der Waals surface area contributed by atoms with Gasteiger partial charge in [-0.15, -0.1) is 0 Å². The van der Waals surface area contributed by atoms with Gasteiger partial charge in [-0.05, 0) is 20.7 Å². The summed E-state index contributed by atoms with van der Waals surface area (Å²) in [6, 6.07) is 28.9. The Morgan fingerprint density at radius 3 is 0.818 bits per heavy atom. The van der Waals surface area contributed by atoms with Gasteiger partial charge < -0.3 is 7.74 Å². The first-order valence-electron chi connectivity index (χ1n) is 12.3. The van der Waals surface area contributed by atoms with Crippen molar-refractivity contribution in [2.45, 2.75) is 11.0 Å². The normalized spacial score (nSPS) is 13.5. The summed E-state index contributed by atoms with van der Waals surface area (Å²) < 4.78 is 144. The lowest BCUT2D eigenvalue weighted by Gasteiger charge is -2.36. The van der Waals surface area contributed by atoms with E-state index in [1.165, 1.54) is 97.1 Å². The van der Waals surface area contributed by atoms with E-state index < -0.39 is 64.0 Å². The number of hydrogen-bond acceptors (Lipinski definition) is 6. The first-order valence-corrected chi connectivity index (χ1v) is 24.0. The lowest BCUT2D eigenvalue weighted by Crippen LogP contribution is -2.75. The van der Waals surface area contributed by atoms with Gasteiger partial charge in [0.2, 0.25) is 0 Å². The van der Waals surface area contributed by atoms with Crippen molar-refractivity contribution in [3.63, 3.8) is 0 Å². The molecule has 4 aromatic rings. The number of alkyl halides is 6. The van der Waals surface area contributed by atoms with E-state index in [0.717, 1.165) is 0 Å². The van der Waals surface area contributed by atoms with Gasteiger partial charge in [-0.25, -0.2) is 0 Å². The first kappa shape index (κ1) is 34.0. The van der Waals surface area contributed by atoms with Crippen LogP contribution < -0.4 is 20.7 Å². The third-order valence-electron chi connectivity index (χ3n) is 6.17. The molecule has 0 aliphatic rings. The second-order valence-electron chi connectivity index (χ2n) is 9.04. The Kier molecular flexibility index (Phi) is 9.95. The van der Waals surface area contributed by atoms with Crippen molar-refractivity contribution in [2.24, 2.45) is 0 Å². The minimum absolute atomic E-state index is 0.0764. The molecule has 0 atom stereocenters. The number of hydrogen-bond donors (Lipinski definition) is 0. The van der Waals surface area contributed by atoms with Gasteiger partial charge in [0.05, 0.1) is 17.1 Å². The summed E-state index contributed by atoms with van der Waals surface area (Å²) in [4.78, 5) is 0. The van der Waals surface area contributed by atoms with Crippen molar-refractivity contribution in [2.75, 3.05) is 0 Å². The molecule has 0 aliphatic heterocycles. The molecule has 4 radical (unpaired) electrons. The van der Waals surface area contributed by atoms with Gasteiger partial charge in [0.25, 0.3) is 15.7 Å². The number of rotatable bonds is 11. The zero-order chi connectivity index (χ0) is 32.3. The second kappa shape index (κ2) is 12.9. The molecule has 0 fully saturated rings. The third-order valence-corrected chi connectivity index (χ3v) is 34.8. The van der Waals surface area contributed by atoms with Crippen LogP contribution in [0.2, 0.25) is 0 Å². The van der Waals surface area contributed by atoms with Gasteiger partial charge in [0.15, 0.2) is 0 Å². The van der Waals surface area contributed by atoms with Crippen LogP contribution in [0.25, 0.3) is 0 Å². The topological polar surface area (TPSA) is 86.7 Å². The smallest absolute Gasteiger partial charge is 0.301 e. The van der Waals surface area contributed by atoms with Crippen LogP contribution in [0, 0.1) is 0 Å². The van der Waals surface area contributed by atoms with E-state index in [1.54, 1.807) is 24.3 Å². The summed E-state index contributed by atoms with van der Waals surface area (Å²) in [7, 11) is -23.6. The summed E-state index contributed by atoms with van der Waals surface area (Å²) >= 11 is 0. The van der Waals surface area contributed by atoms with E-state index in [9.17, 15) is 43.2 Å². The quantitative estimate of drug-likeness (QED) is 0.135. The Morgan fingerprint density at radius 2 is 0.636 bits per heavy atom. The van der Waals surface area contributed by atoms with Crippen LogP contribution in [-0.4, -0.2) is 60.6 Å². The first-order chi connectivity index (χ1) is 20.5. The number of halogens is 6. The maximum atomic E-state index is 13.8. The van der Waals surface area contributed by atoms with Crippen molar-refractivity contribution in [1.29, 1.82) is 0 Å². The highest BCUT2D eigenvalue weighted by Crippen LogP contribution is 2.29. The molecule has 0 bridgehead atoms. The molecule has 0 N–H and O–H groups in total. The predicted molar refractivity (Wildman–Crippen MR) is 159 cm³/mol. The van der Waals surface area contributed by atoms with Crippen molar-refractivity contribution < 1.29 is 50.9 Å². The van der Waals surface area contributed by atoms with Crippen molar-refractivity contribution in [3.8, 4) is 0 Å². The summed E-state index contributed by atoms with van der Waals surface area (Å²) in [6.45, 7) is 0. The molecular formula is C26H20F6O6S2Si4. The van der Waals surface area contributed by atoms with Gasteiger partial charge in [-0.3, -0.25) is 0 Å². The second-order valence-corrected chi connectivity index (χ2v) is 28.9. The Bertz CT molecular complexity index is 1550. The molecule has 0 unspecified atom stereocenters. The van der Waals surface area contributed by atoms with E-state index in [-0.39, 0.29) is 20.7 Å². The fourth-order valence-electron chi connectivity index (χ4n) is 4.15. The lowest BCUT2D eigenvalue weighted by molar-refractivity contribution is -0.0505. The molecule has 6 nitrogen and oxygen atoms in total. The van der Waals surface area contributed by atoms with E-state index in [2.05, 4.69) is 0 Å². The van der Waals surface area contributed by atoms with Crippen LogP contribution in [0.4, 0.5) is 26.3 Å². The molecule has 0 aliphatic carbocycles. The Balaban J connectivity index is 2.03. The predicted octanol–water partition coefficient (Wildman–Crippen LogP) is 2.56. The largest absolute Gasteiger partial charge is 0.522 e. The zero-order valence-electron chi connectivity index (χ0n) is 22.1. The minimum Gasteiger partial charge on any atom is -0.301 e.